The molecule has 3 rings (SSSR count). The fraction of sp³-hybridized carbons (Fsp3) is 1.00. The van der Waals surface area contributed by atoms with Gasteiger partial charge < -0.3 is 9.80 Å². The molecule has 3 heteroatoms. The average Bonchev–Trinajstić information content (AvgIpc) is 2.79. The molecule has 0 aromatic heterocycles. The smallest absolute Gasteiger partial charge is 0.0223 e. The number of fused-ring (bicyclic) bond motifs is 1. The highest BCUT2D eigenvalue weighted by atomic mass is 15.3. The summed E-state index contributed by atoms with van der Waals surface area (Å²) in [5, 5.41) is 0. The molecule has 0 amide bonds. The number of likely N-dealkylation sites (tertiary alicyclic amines) is 1. The van der Waals surface area contributed by atoms with Gasteiger partial charge in [-0.05, 0) is 77.3 Å². The minimum atomic E-state index is 0.887. The van der Waals surface area contributed by atoms with Gasteiger partial charge in [-0.25, -0.2) is 0 Å². The van der Waals surface area contributed by atoms with E-state index < -0.39 is 0 Å². The molecule has 3 aliphatic heterocycles. The topological polar surface area (TPSA) is 9.72 Å². The molecule has 0 aromatic carbocycles. The van der Waals surface area contributed by atoms with Crippen LogP contribution in [0.25, 0.3) is 0 Å². The van der Waals surface area contributed by atoms with Gasteiger partial charge in [-0.3, -0.25) is 4.90 Å². The molecule has 0 bridgehead atoms. The van der Waals surface area contributed by atoms with E-state index in [1.54, 1.807) is 0 Å². The monoisotopic (exact) mass is 265 g/mol. The molecule has 0 saturated carbocycles. The van der Waals surface area contributed by atoms with Crippen molar-refractivity contribution in [3.8, 4) is 0 Å². The van der Waals surface area contributed by atoms with Crippen LogP contribution in [0.4, 0.5) is 0 Å². The van der Waals surface area contributed by atoms with E-state index in [-0.39, 0.29) is 0 Å². The Bertz CT molecular complexity index is 273. The summed E-state index contributed by atoms with van der Waals surface area (Å²) >= 11 is 0. The van der Waals surface area contributed by atoms with Crippen molar-refractivity contribution in [2.24, 2.45) is 5.92 Å². The van der Waals surface area contributed by atoms with Crippen LogP contribution >= 0.6 is 0 Å². The van der Waals surface area contributed by atoms with Gasteiger partial charge in [0.2, 0.25) is 0 Å². The molecule has 3 fully saturated rings. The van der Waals surface area contributed by atoms with Gasteiger partial charge >= 0.3 is 0 Å². The van der Waals surface area contributed by atoms with Crippen LogP contribution in [0.5, 0.6) is 0 Å². The van der Waals surface area contributed by atoms with E-state index in [2.05, 4.69) is 21.6 Å². The molecule has 3 aliphatic rings. The molecule has 3 saturated heterocycles. The van der Waals surface area contributed by atoms with Crippen molar-refractivity contribution < 1.29 is 0 Å². The predicted molar refractivity (Wildman–Crippen MR) is 80.5 cm³/mol. The van der Waals surface area contributed by atoms with Crippen molar-refractivity contribution >= 4 is 0 Å². The van der Waals surface area contributed by atoms with Crippen LogP contribution in [-0.2, 0) is 0 Å². The molecular weight excluding hydrogens is 234 g/mol. The van der Waals surface area contributed by atoms with Crippen LogP contribution in [0.2, 0.25) is 0 Å². The third kappa shape index (κ3) is 3.50. The zero-order valence-corrected chi connectivity index (χ0v) is 12.7. The Hall–Kier alpha value is -0.120. The van der Waals surface area contributed by atoms with Crippen LogP contribution in [0, 0.1) is 5.92 Å². The highest BCUT2D eigenvalue weighted by Gasteiger charge is 2.30. The summed E-state index contributed by atoms with van der Waals surface area (Å²) in [4.78, 5) is 8.15. The van der Waals surface area contributed by atoms with E-state index in [9.17, 15) is 0 Å². The second kappa shape index (κ2) is 6.55. The summed E-state index contributed by atoms with van der Waals surface area (Å²) in [5.41, 5.74) is 0. The Balaban J connectivity index is 1.47. The molecule has 3 nitrogen and oxygen atoms in total. The minimum absolute atomic E-state index is 0.887. The van der Waals surface area contributed by atoms with Crippen LogP contribution in [0.3, 0.4) is 0 Å². The molecule has 1 unspecified atom stereocenters. The standard InChI is InChI=1S/C16H31N3/c1-2-17-11-6-15(7-12-17)13-18-8-4-10-19-9-3-5-16(19)14-18/h15-16H,2-14H2,1H3. The lowest BCUT2D eigenvalue weighted by molar-refractivity contribution is 0.140. The maximum Gasteiger partial charge on any atom is 0.0223 e. The fourth-order valence-electron chi connectivity index (χ4n) is 4.30. The van der Waals surface area contributed by atoms with E-state index in [1.807, 2.05) is 0 Å². The Morgan fingerprint density at radius 3 is 2.42 bits per heavy atom. The zero-order chi connectivity index (χ0) is 13.1. The van der Waals surface area contributed by atoms with E-state index in [0.29, 0.717) is 0 Å². The summed E-state index contributed by atoms with van der Waals surface area (Å²) < 4.78 is 0. The first-order chi connectivity index (χ1) is 9.35. The lowest BCUT2D eigenvalue weighted by Crippen LogP contribution is -2.41. The molecular formula is C16H31N3. The second-order valence-electron chi connectivity index (χ2n) is 6.82. The van der Waals surface area contributed by atoms with Crippen molar-refractivity contribution in [1.82, 2.24) is 14.7 Å². The molecule has 110 valence electrons. The van der Waals surface area contributed by atoms with Gasteiger partial charge in [0.1, 0.15) is 0 Å². The number of hydrogen-bond donors (Lipinski definition) is 0. The van der Waals surface area contributed by atoms with Gasteiger partial charge in [0, 0.05) is 19.1 Å². The Morgan fingerprint density at radius 2 is 1.63 bits per heavy atom. The number of rotatable bonds is 3. The average molecular weight is 265 g/mol. The summed E-state index contributed by atoms with van der Waals surface area (Å²) in [6.07, 6.45) is 7.14. The van der Waals surface area contributed by atoms with Crippen molar-refractivity contribution in [2.45, 2.75) is 45.1 Å². The number of hydrogen-bond acceptors (Lipinski definition) is 3. The third-order valence-electron chi connectivity index (χ3n) is 5.56. The van der Waals surface area contributed by atoms with E-state index in [4.69, 9.17) is 0 Å². The Labute approximate surface area is 118 Å². The second-order valence-corrected chi connectivity index (χ2v) is 6.82. The summed E-state index contributed by atoms with van der Waals surface area (Å²) in [7, 11) is 0. The van der Waals surface area contributed by atoms with Crippen molar-refractivity contribution in [1.29, 1.82) is 0 Å². The molecule has 3 heterocycles. The van der Waals surface area contributed by atoms with Gasteiger partial charge in [0.25, 0.3) is 0 Å². The molecule has 0 spiro atoms. The minimum Gasteiger partial charge on any atom is -0.304 e. The maximum absolute atomic E-state index is 2.79. The Kier molecular flexibility index (Phi) is 4.78. The molecule has 0 N–H and O–H groups in total. The zero-order valence-electron chi connectivity index (χ0n) is 12.7. The number of piperidine rings is 1. The highest BCUT2D eigenvalue weighted by molar-refractivity contribution is 4.86. The first-order valence-corrected chi connectivity index (χ1v) is 8.54. The number of nitrogens with zero attached hydrogens (tertiary/aromatic N) is 3. The predicted octanol–water partition coefficient (Wildman–Crippen LogP) is 1.89. The maximum atomic E-state index is 2.79. The molecule has 0 aromatic rings. The normalized spacial score (nSPS) is 32.4. The van der Waals surface area contributed by atoms with Gasteiger partial charge in [-0.15, -0.1) is 0 Å². The lowest BCUT2D eigenvalue weighted by Gasteiger charge is -2.34. The molecule has 0 radical (unpaired) electrons. The van der Waals surface area contributed by atoms with E-state index in [0.717, 1.165) is 12.0 Å². The van der Waals surface area contributed by atoms with Crippen molar-refractivity contribution in [3.63, 3.8) is 0 Å². The van der Waals surface area contributed by atoms with E-state index >= 15 is 0 Å². The largest absolute Gasteiger partial charge is 0.304 e. The molecule has 1 atom stereocenters. The van der Waals surface area contributed by atoms with E-state index in [1.165, 1.54) is 84.5 Å². The quantitative estimate of drug-likeness (QED) is 0.771. The fourth-order valence-corrected chi connectivity index (χ4v) is 4.30. The molecule has 0 aliphatic carbocycles. The lowest BCUT2D eigenvalue weighted by atomic mass is 9.96. The first-order valence-electron chi connectivity index (χ1n) is 8.54. The van der Waals surface area contributed by atoms with Crippen LogP contribution in [-0.4, -0.2) is 73.1 Å². The molecule has 19 heavy (non-hydrogen) atoms. The third-order valence-corrected chi connectivity index (χ3v) is 5.56. The van der Waals surface area contributed by atoms with Crippen LogP contribution in [0.15, 0.2) is 0 Å². The summed E-state index contributed by atoms with van der Waals surface area (Å²) in [5.74, 6) is 0.968. The van der Waals surface area contributed by atoms with Crippen molar-refractivity contribution in [3.05, 3.63) is 0 Å². The summed E-state index contributed by atoms with van der Waals surface area (Å²) in [6.45, 7) is 13.0. The van der Waals surface area contributed by atoms with Crippen molar-refractivity contribution in [2.75, 3.05) is 52.4 Å². The van der Waals surface area contributed by atoms with Gasteiger partial charge in [0.15, 0.2) is 0 Å². The van der Waals surface area contributed by atoms with Crippen LogP contribution in [0.1, 0.15) is 39.0 Å². The highest BCUT2D eigenvalue weighted by Crippen LogP contribution is 2.24. The van der Waals surface area contributed by atoms with Crippen LogP contribution < -0.4 is 0 Å². The van der Waals surface area contributed by atoms with Gasteiger partial charge in [0.05, 0.1) is 0 Å². The van der Waals surface area contributed by atoms with Gasteiger partial charge in [-0.2, -0.15) is 0 Å². The van der Waals surface area contributed by atoms with Gasteiger partial charge in [-0.1, -0.05) is 6.92 Å². The first kappa shape index (κ1) is 13.8. The Morgan fingerprint density at radius 1 is 0.842 bits per heavy atom. The SMILES string of the molecule is CCN1CCC(CN2CCCN3CCCC3C2)CC1. The summed E-state index contributed by atoms with van der Waals surface area (Å²) in [6, 6.07) is 0.887.